The molecule has 0 aromatic heterocycles. The highest BCUT2D eigenvalue weighted by atomic mass is 16.4. The Bertz CT molecular complexity index is 108. The van der Waals surface area contributed by atoms with Gasteiger partial charge < -0.3 is 11.0 Å². The smallest absolute Gasteiger partial charge is 0.0593 e. The van der Waals surface area contributed by atoms with Crippen molar-refractivity contribution in [1.29, 1.82) is 0 Å². The molecule has 4 heteroatoms. The van der Waals surface area contributed by atoms with E-state index < -0.39 is 0 Å². The lowest BCUT2D eigenvalue weighted by Gasteiger charge is -1.84. The van der Waals surface area contributed by atoms with Crippen LogP contribution in [0.3, 0.4) is 0 Å². The number of hydrazone groups is 1. The van der Waals surface area contributed by atoms with Crippen LogP contribution in [0, 0.1) is 0 Å². The van der Waals surface area contributed by atoms with E-state index in [0.29, 0.717) is 12.1 Å². The first-order valence-corrected chi connectivity index (χ1v) is 2.20. The maximum Gasteiger partial charge on any atom is 0.0593 e. The Balaban J connectivity index is 3.40. The second-order valence-corrected chi connectivity index (χ2v) is 1.37. The monoisotopic (exact) mass is 115 g/mol. The second-order valence-electron chi connectivity index (χ2n) is 1.37. The van der Waals surface area contributed by atoms with Gasteiger partial charge in [-0.2, -0.15) is 5.10 Å². The minimum absolute atomic E-state index is 0.507. The minimum Gasteiger partial charge on any atom is -0.411 e. The number of hydrogen-bond donors (Lipinski definition) is 2. The van der Waals surface area contributed by atoms with Gasteiger partial charge in [0.2, 0.25) is 0 Å². The molecular formula is C4H9N3O. The number of hydrogen-bond acceptors (Lipinski definition) is 4. The van der Waals surface area contributed by atoms with Gasteiger partial charge in [0.05, 0.1) is 5.71 Å². The summed E-state index contributed by atoms with van der Waals surface area (Å²) < 4.78 is 0. The van der Waals surface area contributed by atoms with Gasteiger partial charge in [0, 0.05) is 12.6 Å². The predicted molar refractivity (Wildman–Crippen MR) is 32.2 cm³/mol. The average molecular weight is 115 g/mol. The largest absolute Gasteiger partial charge is 0.411 e. The lowest BCUT2D eigenvalue weighted by Crippen LogP contribution is -1.93. The van der Waals surface area contributed by atoms with Gasteiger partial charge in [-0.15, -0.1) is 0 Å². The fraction of sp³-hybridized carbons (Fsp3) is 0.500. The van der Waals surface area contributed by atoms with Gasteiger partial charge in [-0.05, 0) is 6.92 Å². The molecule has 0 amide bonds. The Morgan fingerprint density at radius 1 is 1.88 bits per heavy atom. The Labute approximate surface area is 47.7 Å². The lowest BCUT2D eigenvalue weighted by molar-refractivity contribution is 0.318. The van der Waals surface area contributed by atoms with Crippen LogP contribution in [-0.2, 0) is 0 Å². The standard InChI is InChI=1S/C4H9N3O/c1-4(7-8)2-3-6-5/h3,8H,2,5H2,1H3. The molecule has 0 aliphatic heterocycles. The molecule has 0 bridgehead atoms. The third kappa shape index (κ3) is 3.14. The highest BCUT2D eigenvalue weighted by molar-refractivity contribution is 5.93. The van der Waals surface area contributed by atoms with Crippen molar-refractivity contribution in [3.05, 3.63) is 0 Å². The van der Waals surface area contributed by atoms with E-state index >= 15 is 0 Å². The average Bonchev–Trinajstić information content (AvgIpc) is 1.83. The van der Waals surface area contributed by atoms with Crippen molar-refractivity contribution in [1.82, 2.24) is 0 Å². The maximum atomic E-state index is 8.05. The Morgan fingerprint density at radius 3 is 2.88 bits per heavy atom. The van der Waals surface area contributed by atoms with Gasteiger partial charge in [-0.1, -0.05) is 5.16 Å². The van der Waals surface area contributed by atoms with E-state index in [1.165, 1.54) is 6.21 Å². The summed E-state index contributed by atoms with van der Waals surface area (Å²) in [6, 6.07) is 0. The van der Waals surface area contributed by atoms with Crippen molar-refractivity contribution in [2.45, 2.75) is 13.3 Å². The molecule has 0 spiro atoms. The minimum atomic E-state index is 0.507. The molecule has 46 valence electrons. The zero-order valence-corrected chi connectivity index (χ0v) is 4.70. The zero-order chi connectivity index (χ0) is 6.41. The molecule has 0 fully saturated rings. The maximum absolute atomic E-state index is 8.05. The molecule has 0 heterocycles. The summed E-state index contributed by atoms with van der Waals surface area (Å²) >= 11 is 0. The van der Waals surface area contributed by atoms with Crippen LogP contribution in [0.15, 0.2) is 10.3 Å². The summed E-state index contributed by atoms with van der Waals surface area (Å²) in [5.41, 5.74) is 0.596. The number of nitrogens with zero attached hydrogens (tertiary/aromatic N) is 2. The number of nitrogens with two attached hydrogens (primary N) is 1. The van der Waals surface area contributed by atoms with Crippen molar-refractivity contribution in [2.75, 3.05) is 0 Å². The molecule has 0 aliphatic rings. The summed E-state index contributed by atoms with van der Waals surface area (Å²) in [5.74, 6) is 4.76. The van der Waals surface area contributed by atoms with Crippen LogP contribution in [0.25, 0.3) is 0 Å². The van der Waals surface area contributed by atoms with E-state index in [0.717, 1.165) is 0 Å². The van der Waals surface area contributed by atoms with Crippen molar-refractivity contribution in [3.8, 4) is 0 Å². The van der Waals surface area contributed by atoms with Crippen molar-refractivity contribution in [2.24, 2.45) is 16.1 Å². The summed E-state index contributed by atoms with van der Waals surface area (Å²) in [4.78, 5) is 0. The Morgan fingerprint density at radius 2 is 2.50 bits per heavy atom. The van der Waals surface area contributed by atoms with Crippen LogP contribution in [0.4, 0.5) is 0 Å². The molecule has 0 radical (unpaired) electrons. The van der Waals surface area contributed by atoms with E-state index in [1.54, 1.807) is 6.92 Å². The molecule has 0 saturated carbocycles. The molecule has 0 unspecified atom stereocenters. The van der Waals surface area contributed by atoms with Crippen LogP contribution >= 0.6 is 0 Å². The Hall–Kier alpha value is -1.06. The van der Waals surface area contributed by atoms with Crippen LogP contribution in [-0.4, -0.2) is 17.1 Å². The molecule has 0 atom stereocenters. The molecule has 0 aromatic carbocycles. The summed E-state index contributed by atoms with van der Waals surface area (Å²) in [6.07, 6.45) is 1.97. The van der Waals surface area contributed by atoms with E-state index in [2.05, 4.69) is 10.3 Å². The van der Waals surface area contributed by atoms with Gasteiger partial charge in [0.15, 0.2) is 0 Å². The first-order valence-electron chi connectivity index (χ1n) is 2.20. The van der Waals surface area contributed by atoms with Crippen LogP contribution < -0.4 is 5.84 Å². The first kappa shape index (κ1) is 6.94. The summed E-state index contributed by atoms with van der Waals surface area (Å²) in [7, 11) is 0. The Kier molecular flexibility index (Phi) is 3.56. The van der Waals surface area contributed by atoms with E-state index in [1.807, 2.05) is 0 Å². The molecule has 4 nitrogen and oxygen atoms in total. The fourth-order valence-electron chi connectivity index (χ4n) is 0.226. The van der Waals surface area contributed by atoms with Crippen molar-refractivity contribution >= 4 is 11.9 Å². The highest BCUT2D eigenvalue weighted by Crippen LogP contribution is 1.77. The van der Waals surface area contributed by atoms with Crippen LogP contribution in [0.5, 0.6) is 0 Å². The van der Waals surface area contributed by atoms with Gasteiger partial charge in [0.1, 0.15) is 0 Å². The molecule has 0 aliphatic carbocycles. The topological polar surface area (TPSA) is 71.0 Å². The molecule has 3 N–H and O–H groups in total. The van der Waals surface area contributed by atoms with Crippen molar-refractivity contribution in [3.63, 3.8) is 0 Å². The first-order chi connectivity index (χ1) is 3.81. The van der Waals surface area contributed by atoms with Gasteiger partial charge >= 0.3 is 0 Å². The molecule has 0 aromatic rings. The van der Waals surface area contributed by atoms with Gasteiger partial charge in [-0.25, -0.2) is 0 Å². The molecule has 0 rings (SSSR count). The van der Waals surface area contributed by atoms with E-state index in [4.69, 9.17) is 11.0 Å². The molecular weight excluding hydrogens is 106 g/mol. The summed E-state index contributed by atoms with van der Waals surface area (Å²) in [6.45, 7) is 1.68. The van der Waals surface area contributed by atoms with Crippen molar-refractivity contribution < 1.29 is 5.21 Å². The summed E-state index contributed by atoms with van der Waals surface area (Å²) in [5, 5.41) is 14.1. The van der Waals surface area contributed by atoms with E-state index in [-0.39, 0.29) is 0 Å². The molecule has 8 heavy (non-hydrogen) atoms. The number of rotatable bonds is 2. The highest BCUT2D eigenvalue weighted by Gasteiger charge is 1.83. The normalized spacial score (nSPS) is 12.9. The number of oxime groups is 1. The SMILES string of the molecule is CC(CC=NN)=NO. The lowest BCUT2D eigenvalue weighted by atomic mass is 10.3. The predicted octanol–water partition coefficient (Wildman–Crippen LogP) is 0.171. The second kappa shape index (κ2) is 4.11. The van der Waals surface area contributed by atoms with Gasteiger partial charge in [0.25, 0.3) is 0 Å². The fourth-order valence-corrected chi connectivity index (χ4v) is 0.226. The zero-order valence-electron chi connectivity index (χ0n) is 4.70. The van der Waals surface area contributed by atoms with E-state index in [9.17, 15) is 0 Å². The van der Waals surface area contributed by atoms with Crippen LogP contribution in [0.2, 0.25) is 0 Å². The third-order valence-electron chi connectivity index (χ3n) is 0.663. The van der Waals surface area contributed by atoms with Gasteiger partial charge in [-0.3, -0.25) is 0 Å². The quantitative estimate of drug-likeness (QED) is 0.233. The van der Waals surface area contributed by atoms with Crippen LogP contribution in [0.1, 0.15) is 13.3 Å². The molecule has 0 saturated heterocycles. The third-order valence-corrected chi connectivity index (χ3v) is 0.663.